The molecule has 7 nitrogen and oxygen atoms in total. The molecule has 1 aromatic heterocycles. The normalized spacial score (nSPS) is 11.7. The van der Waals surface area contributed by atoms with Gasteiger partial charge >= 0.3 is 0 Å². The Hall–Kier alpha value is -3.78. The summed E-state index contributed by atoms with van der Waals surface area (Å²) in [5, 5.41) is 11.3. The van der Waals surface area contributed by atoms with Gasteiger partial charge in [0, 0.05) is 11.3 Å². The molecular formula is C25H25N5O2S. The van der Waals surface area contributed by atoms with Crippen molar-refractivity contribution in [1.82, 2.24) is 14.9 Å². The molecule has 1 amide bonds. The molecule has 3 N–H and O–H groups in total. The number of thioether (sulfide) groups is 1. The van der Waals surface area contributed by atoms with E-state index in [9.17, 15) is 4.79 Å². The van der Waals surface area contributed by atoms with Crippen LogP contribution in [-0.4, -0.2) is 26.0 Å². The van der Waals surface area contributed by atoms with E-state index in [-0.39, 0.29) is 5.91 Å². The number of carbonyl (C=O) groups is 1. The fraction of sp³-hybridized carbons (Fsp3) is 0.160. The molecule has 1 unspecified atom stereocenters. The average Bonchev–Trinajstić information content (AvgIpc) is 3.19. The number of aryl methyl sites for hydroxylation is 1. The fourth-order valence-electron chi connectivity index (χ4n) is 3.09. The molecule has 0 bridgehead atoms. The molecule has 0 saturated carbocycles. The molecule has 3 aromatic carbocycles. The summed E-state index contributed by atoms with van der Waals surface area (Å²) in [5.41, 5.74) is 3.81. The Morgan fingerprint density at radius 3 is 2.42 bits per heavy atom. The van der Waals surface area contributed by atoms with Gasteiger partial charge in [-0.1, -0.05) is 71.9 Å². The third kappa shape index (κ3) is 5.72. The highest BCUT2D eigenvalue weighted by Crippen LogP contribution is 2.26. The van der Waals surface area contributed by atoms with E-state index in [4.69, 9.17) is 10.6 Å². The number of carbonyl (C=O) groups excluding carboxylic acids is 1. The minimum atomic E-state index is -0.420. The van der Waals surface area contributed by atoms with Gasteiger partial charge in [0.25, 0.3) is 0 Å². The van der Waals surface area contributed by atoms with Gasteiger partial charge in [-0.25, -0.2) is 4.68 Å². The van der Waals surface area contributed by atoms with Crippen LogP contribution in [0.2, 0.25) is 0 Å². The number of amides is 1. The number of ether oxygens (including phenoxy) is 1. The molecule has 33 heavy (non-hydrogen) atoms. The van der Waals surface area contributed by atoms with E-state index < -0.39 is 5.25 Å². The lowest BCUT2D eigenvalue weighted by Crippen LogP contribution is -2.23. The number of nitrogen functional groups attached to an aromatic ring is 1. The molecular weight excluding hydrogens is 434 g/mol. The molecule has 4 rings (SSSR count). The number of nitrogens with one attached hydrogen (secondary N) is 1. The van der Waals surface area contributed by atoms with E-state index >= 15 is 0 Å². The van der Waals surface area contributed by atoms with E-state index in [0.29, 0.717) is 23.3 Å². The zero-order valence-corrected chi connectivity index (χ0v) is 19.3. The maximum absolute atomic E-state index is 12.7. The molecule has 0 spiro atoms. The van der Waals surface area contributed by atoms with Crippen LogP contribution in [0.3, 0.4) is 0 Å². The second kappa shape index (κ2) is 10.2. The predicted octanol–water partition coefficient (Wildman–Crippen LogP) is 4.67. The highest BCUT2D eigenvalue weighted by Gasteiger charge is 2.20. The van der Waals surface area contributed by atoms with Crippen molar-refractivity contribution in [2.75, 3.05) is 11.2 Å². The summed E-state index contributed by atoms with van der Waals surface area (Å²) in [5.74, 6) is 7.32. The van der Waals surface area contributed by atoms with Crippen LogP contribution in [0.5, 0.6) is 5.75 Å². The standard InChI is InChI=1S/C25H25N5O2S/c1-17-8-10-20(11-9-17)23-28-29-25(30(23)26)33-18(2)24(31)27-21-12-14-22(15-13-21)32-16-19-6-4-3-5-7-19/h3-15,18H,16,26H2,1-2H3,(H,27,31). The third-order valence-corrected chi connectivity index (χ3v) is 6.05. The van der Waals surface area contributed by atoms with Crippen molar-refractivity contribution in [3.05, 3.63) is 90.0 Å². The van der Waals surface area contributed by atoms with Gasteiger partial charge in [-0.05, 0) is 43.7 Å². The Morgan fingerprint density at radius 2 is 1.73 bits per heavy atom. The minimum Gasteiger partial charge on any atom is -0.489 e. The maximum atomic E-state index is 12.7. The molecule has 1 heterocycles. The van der Waals surface area contributed by atoms with Crippen LogP contribution in [0.1, 0.15) is 18.1 Å². The van der Waals surface area contributed by atoms with Crippen molar-refractivity contribution in [3.63, 3.8) is 0 Å². The minimum absolute atomic E-state index is 0.155. The van der Waals surface area contributed by atoms with Crippen molar-refractivity contribution in [2.45, 2.75) is 30.9 Å². The summed E-state index contributed by atoms with van der Waals surface area (Å²) in [6.45, 7) is 4.31. The molecule has 0 radical (unpaired) electrons. The van der Waals surface area contributed by atoms with Gasteiger partial charge in [0.1, 0.15) is 12.4 Å². The molecule has 0 aliphatic heterocycles. The molecule has 4 aromatic rings. The van der Waals surface area contributed by atoms with Crippen molar-refractivity contribution in [1.29, 1.82) is 0 Å². The molecule has 1 atom stereocenters. The summed E-state index contributed by atoms with van der Waals surface area (Å²) in [4.78, 5) is 12.7. The third-order valence-electron chi connectivity index (χ3n) is 5.00. The van der Waals surface area contributed by atoms with E-state index in [1.165, 1.54) is 16.4 Å². The highest BCUT2D eigenvalue weighted by atomic mass is 32.2. The van der Waals surface area contributed by atoms with Gasteiger partial charge in [0.05, 0.1) is 5.25 Å². The first kappa shape index (κ1) is 22.4. The smallest absolute Gasteiger partial charge is 0.237 e. The van der Waals surface area contributed by atoms with Crippen LogP contribution < -0.4 is 15.9 Å². The Balaban J connectivity index is 1.33. The lowest BCUT2D eigenvalue weighted by atomic mass is 10.1. The first-order valence-corrected chi connectivity index (χ1v) is 11.4. The Kier molecular flexibility index (Phi) is 6.95. The van der Waals surface area contributed by atoms with E-state index in [2.05, 4.69) is 15.5 Å². The van der Waals surface area contributed by atoms with Gasteiger partial charge in [0.2, 0.25) is 11.1 Å². The van der Waals surface area contributed by atoms with Crippen LogP contribution in [0.25, 0.3) is 11.4 Å². The molecule has 0 aliphatic carbocycles. The summed E-state index contributed by atoms with van der Waals surface area (Å²) in [6, 6.07) is 25.1. The zero-order valence-electron chi connectivity index (χ0n) is 18.4. The highest BCUT2D eigenvalue weighted by molar-refractivity contribution is 8.00. The SMILES string of the molecule is Cc1ccc(-c2nnc(SC(C)C(=O)Nc3ccc(OCc4ccccc4)cc3)n2N)cc1. The average molecular weight is 460 g/mol. The molecule has 8 heteroatoms. The van der Waals surface area contributed by atoms with E-state index in [1.807, 2.05) is 85.8 Å². The summed E-state index contributed by atoms with van der Waals surface area (Å²) in [7, 11) is 0. The van der Waals surface area contributed by atoms with Gasteiger partial charge in [0.15, 0.2) is 5.82 Å². The first-order valence-electron chi connectivity index (χ1n) is 10.5. The number of nitrogens with two attached hydrogens (primary N) is 1. The van der Waals surface area contributed by atoms with Crippen molar-refractivity contribution >= 4 is 23.4 Å². The van der Waals surface area contributed by atoms with Gasteiger partial charge in [-0.15, -0.1) is 10.2 Å². The fourth-order valence-corrected chi connectivity index (χ4v) is 3.86. The quantitative estimate of drug-likeness (QED) is 0.294. The second-order valence-electron chi connectivity index (χ2n) is 7.59. The van der Waals surface area contributed by atoms with Crippen LogP contribution in [0.15, 0.2) is 84.0 Å². The monoisotopic (exact) mass is 459 g/mol. The number of rotatable bonds is 8. The van der Waals surface area contributed by atoms with Gasteiger partial charge in [-0.2, -0.15) is 0 Å². The number of hydrogen-bond acceptors (Lipinski definition) is 6. The van der Waals surface area contributed by atoms with Crippen LogP contribution in [0, 0.1) is 6.92 Å². The number of hydrogen-bond donors (Lipinski definition) is 2. The summed E-state index contributed by atoms with van der Waals surface area (Å²) in [6.07, 6.45) is 0. The largest absolute Gasteiger partial charge is 0.489 e. The predicted molar refractivity (Wildman–Crippen MR) is 132 cm³/mol. The molecule has 0 aliphatic rings. The van der Waals surface area contributed by atoms with Crippen molar-refractivity contribution in [3.8, 4) is 17.1 Å². The van der Waals surface area contributed by atoms with Gasteiger partial charge < -0.3 is 15.9 Å². The van der Waals surface area contributed by atoms with Crippen LogP contribution in [0.4, 0.5) is 5.69 Å². The lowest BCUT2D eigenvalue weighted by Gasteiger charge is -2.12. The Morgan fingerprint density at radius 1 is 1.03 bits per heavy atom. The van der Waals surface area contributed by atoms with Crippen LogP contribution in [-0.2, 0) is 11.4 Å². The number of anilines is 1. The second-order valence-corrected chi connectivity index (χ2v) is 8.90. The maximum Gasteiger partial charge on any atom is 0.237 e. The topological polar surface area (TPSA) is 95.1 Å². The summed E-state index contributed by atoms with van der Waals surface area (Å²) >= 11 is 1.25. The van der Waals surface area contributed by atoms with E-state index in [0.717, 1.165) is 22.4 Å². The Labute approximate surface area is 197 Å². The molecule has 0 fully saturated rings. The van der Waals surface area contributed by atoms with Crippen LogP contribution >= 0.6 is 11.8 Å². The number of aromatic nitrogens is 3. The zero-order chi connectivity index (χ0) is 23.2. The Bertz CT molecular complexity index is 1210. The number of benzene rings is 3. The molecule has 0 saturated heterocycles. The number of nitrogens with zero attached hydrogens (tertiary/aromatic N) is 3. The van der Waals surface area contributed by atoms with Crippen molar-refractivity contribution < 1.29 is 9.53 Å². The van der Waals surface area contributed by atoms with Gasteiger partial charge in [-0.3, -0.25) is 4.79 Å². The lowest BCUT2D eigenvalue weighted by molar-refractivity contribution is -0.115. The molecule has 168 valence electrons. The first-order chi connectivity index (χ1) is 16.0. The summed E-state index contributed by atoms with van der Waals surface area (Å²) < 4.78 is 7.20. The van der Waals surface area contributed by atoms with E-state index in [1.54, 1.807) is 6.92 Å². The van der Waals surface area contributed by atoms with Crippen molar-refractivity contribution in [2.24, 2.45) is 0 Å².